The Balaban J connectivity index is 1.89. The minimum absolute atomic E-state index is 0.141. The fourth-order valence-corrected chi connectivity index (χ4v) is 3.11. The number of carbonyl (C=O) groups is 1. The van der Waals surface area contributed by atoms with Gasteiger partial charge < -0.3 is 5.11 Å². The summed E-state index contributed by atoms with van der Waals surface area (Å²) >= 11 is 0. The first-order valence-corrected chi connectivity index (χ1v) is 7.75. The molecule has 21 heavy (non-hydrogen) atoms. The van der Waals surface area contributed by atoms with Gasteiger partial charge >= 0.3 is 5.97 Å². The van der Waals surface area contributed by atoms with Crippen LogP contribution >= 0.6 is 0 Å². The van der Waals surface area contributed by atoms with E-state index in [4.69, 9.17) is 5.11 Å². The Morgan fingerprint density at radius 2 is 2.10 bits per heavy atom. The van der Waals surface area contributed by atoms with Crippen LogP contribution in [0.1, 0.15) is 30.4 Å². The Bertz CT molecular complexity index is 476. The highest BCUT2D eigenvalue weighted by molar-refractivity contribution is 5.69. The molecule has 0 aliphatic carbocycles. The smallest absolute Gasteiger partial charge is 0.317 e. The summed E-state index contributed by atoms with van der Waals surface area (Å²) in [5.41, 5.74) is 2.75. The summed E-state index contributed by atoms with van der Waals surface area (Å²) in [6, 6.07) is 8.94. The number of carboxylic acid groups (broad SMARTS) is 1. The monoisotopic (exact) mass is 290 g/mol. The van der Waals surface area contributed by atoms with Crippen molar-refractivity contribution in [3.05, 3.63) is 35.4 Å². The van der Waals surface area contributed by atoms with E-state index < -0.39 is 5.97 Å². The van der Waals surface area contributed by atoms with Gasteiger partial charge in [0.15, 0.2) is 0 Å². The van der Waals surface area contributed by atoms with Gasteiger partial charge in [0, 0.05) is 12.6 Å². The van der Waals surface area contributed by atoms with Gasteiger partial charge in [0.2, 0.25) is 0 Å². The Morgan fingerprint density at radius 3 is 2.81 bits per heavy atom. The Labute approximate surface area is 127 Å². The molecule has 0 spiro atoms. The molecule has 0 bridgehead atoms. The SMILES string of the molecule is Cc1ccccc1CN1CCCC(N(C)CC(=O)O)CC1. The number of carboxylic acids is 1. The number of hydrogen-bond donors (Lipinski definition) is 1. The maximum atomic E-state index is 10.8. The number of likely N-dealkylation sites (tertiary alicyclic amines) is 1. The third-order valence-electron chi connectivity index (χ3n) is 4.45. The lowest BCUT2D eigenvalue weighted by Gasteiger charge is -2.25. The average Bonchev–Trinajstić information content (AvgIpc) is 2.66. The minimum Gasteiger partial charge on any atom is -0.480 e. The maximum Gasteiger partial charge on any atom is 0.317 e. The van der Waals surface area contributed by atoms with Crippen molar-refractivity contribution in [2.75, 3.05) is 26.7 Å². The first-order chi connectivity index (χ1) is 10.1. The molecule has 1 atom stereocenters. The molecular formula is C17H26N2O2. The van der Waals surface area contributed by atoms with Gasteiger partial charge in [-0.15, -0.1) is 0 Å². The number of benzene rings is 1. The second-order valence-corrected chi connectivity index (χ2v) is 6.10. The molecule has 0 amide bonds. The average molecular weight is 290 g/mol. The molecule has 1 aliphatic heterocycles. The van der Waals surface area contributed by atoms with Crippen molar-refractivity contribution in [1.82, 2.24) is 9.80 Å². The van der Waals surface area contributed by atoms with Crippen LogP contribution in [0.25, 0.3) is 0 Å². The molecule has 4 nitrogen and oxygen atoms in total. The number of nitrogens with zero attached hydrogens (tertiary/aromatic N) is 2. The Hall–Kier alpha value is -1.39. The zero-order valence-electron chi connectivity index (χ0n) is 13.1. The van der Waals surface area contributed by atoms with Crippen LogP contribution in [0.3, 0.4) is 0 Å². The third-order valence-corrected chi connectivity index (χ3v) is 4.45. The second-order valence-electron chi connectivity index (χ2n) is 6.10. The van der Waals surface area contributed by atoms with Crippen LogP contribution in [-0.4, -0.2) is 53.6 Å². The summed E-state index contributed by atoms with van der Waals surface area (Å²) in [5, 5.41) is 8.91. The molecule has 0 aromatic heterocycles. The molecule has 1 heterocycles. The standard InChI is InChI=1S/C17H26N2O2/c1-14-6-3-4-7-15(14)12-19-10-5-8-16(9-11-19)18(2)13-17(20)21/h3-4,6-7,16H,5,8-13H2,1-2H3,(H,20,21). The summed E-state index contributed by atoms with van der Waals surface area (Å²) in [5.74, 6) is -0.737. The van der Waals surface area contributed by atoms with Crippen molar-refractivity contribution in [1.29, 1.82) is 0 Å². The molecule has 4 heteroatoms. The molecule has 1 unspecified atom stereocenters. The van der Waals surface area contributed by atoms with Gasteiger partial charge in [-0.3, -0.25) is 14.6 Å². The molecule has 116 valence electrons. The lowest BCUT2D eigenvalue weighted by atomic mass is 10.1. The first kappa shape index (κ1) is 16.0. The first-order valence-electron chi connectivity index (χ1n) is 7.75. The van der Waals surface area contributed by atoms with E-state index in [2.05, 4.69) is 36.1 Å². The number of aliphatic carboxylic acids is 1. The summed E-state index contributed by atoms with van der Waals surface area (Å²) < 4.78 is 0. The largest absolute Gasteiger partial charge is 0.480 e. The predicted octanol–water partition coefficient (Wildman–Crippen LogP) is 2.37. The molecule has 1 saturated heterocycles. The van der Waals surface area contributed by atoms with E-state index in [9.17, 15) is 4.79 Å². The summed E-state index contributed by atoms with van der Waals surface area (Å²) in [7, 11) is 1.93. The number of likely N-dealkylation sites (N-methyl/N-ethyl adjacent to an activating group) is 1. The van der Waals surface area contributed by atoms with E-state index in [0.29, 0.717) is 6.04 Å². The molecule has 1 N–H and O–H groups in total. The van der Waals surface area contributed by atoms with E-state index in [0.717, 1.165) is 38.9 Å². The fraction of sp³-hybridized carbons (Fsp3) is 0.588. The summed E-state index contributed by atoms with van der Waals surface area (Å²) in [6.45, 7) is 5.45. The quantitative estimate of drug-likeness (QED) is 0.904. The van der Waals surface area contributed by atoms with Crippen molar-refractivity contribution < 1.29 is 9.90 Å². The van der Waals surface area contributed by atoms with E-state index in [-0.39, 0.29) is 6.54 Å². The fourth-order valence-electron chi connectivity index (χ4n) is 3.11. The van der Waals surface area contributed by atoms with Gasteiger partial charge in [0.25, 0.3) is 0 Å². The highest BCUT2D eigenvalue weighted by atomic mass is 16.4. The topological polar surface area (TPSA) is 43.8 Å². The lowest BCUT2D eigenvalue weighted by molar-refractivity contribution is -0.138. The molecule has 2 rings (SSSR count). The van der Waals surface area contributed by atoms with Crippen LogP contribution < -0.4 is 0 Å². The molecule has 1 aliphatic rings. The summed E-state index contributed by atoms with van der Waals surface area (Å²) in [4.78, 5) is 15.3. The number of rotatable bonds is 5. The van der Waals surface area contributed by atoms with Gasteiger partial charge in [-0.2, -0.15) is 0 Å². The van der Waals surface area contributed by atoms with Crippen LogP contribution in [0.2, 0.25) is 0 Å². The summed E-state index contributed by atoms with van der Waals surface area (Å²) in [6.07, 6.45) is 3.28. The zero-order valence-corrected chi connectivity index (χ0v) is 13.1. The lowest BCUT2D eigenvalue weighted by Crippen LogP contribution is -2.36. The normalized spacial score (nSPS) is 20.4. The van der Waals surface area contributed by atoms with Crippen molar-refractivity contribution in [3.8, 4) is 0 Å². The molecule has 0 saturated carbocycles. The number of aryl methyl sites for hydroxylation is 1. The highest BCUT2D eigenvalue weighted by Gasteiger charge is 2.21. The Morgan fingerprint density at radius 1 is 1.33 bits per heavy atom. The van der Waals surface area contributed by atoms with E-state index in [1.807, 2.05) is 11.9 Å². The molecule has 1 aromatic carbocycles. The van der Waals surface area contributed by atoms with Crippen LogP contribution in [0.4, 0.5) is 0 Å². The van der Waals surface area contributed by atoms with Gasteiger partial charge in [-0.05, 0) is 57.5 Å². The highest BCUT2D eigenvalue weighted by Crippen LogP contribution is 2.18. The molecule has 0 radical (unpaired) electrons. The maximum absolute atomic E-state index is 10.8. The van der Waals surface area contributed by atoms with E-state index in [1.165, 1.54) is 11.1 Å². The van der Waals surface area contributed by atoms with Crippen molar-refractivity contribution in [2.24, 2.45) is 0 Å². The van der Waals surface area contributed by atoms with E-state index >= 15 is 0 Å². The predicted molar refractivity (Wildman–Crippen MR) is 84.4 cm³/mol. The zero-order chi connectivity index (χ0) is 15.2. The van der Waals surface area contributed by atoms with Crippen LogP contribution in [0, 0.1) is 6.92 Å². The van der Waals surface area contributed by atoms with Crippen LogP contribution in [0.15, 0.2) is 24.3 Å². The number of hydrogen-bond acceptors (Lipinski definition) is 3. The molecule has 1 fully saturated rings. The van der Waals surface area contributed by atoms with Crippen LogP contribution in [-0.2, 0) is 11.3 Å². The molecular weight excluding hydrogens is 264 g/mol. The second kappa shape index (κ2) is 7.57. The van der Waals surface area contributed by atoms with Crippen molar-refractivity contribution >= 4 is 5.97 Å². The van der Waals surface area contributed by atoms with Crippen molar-refractivity contribution in [3.63, 3.8) is 0 Å². The third kappa shape index (κ3) is 4.83. The van der Waals surface area contributed by atoms with Gasteiger partial charge in [-0.25, -0.2) is 0 Å². The van der Waals surface area contributed by atoms with Gasteiger partial charge in [0.05, 0.1) is 6.54 Å². The Kier molecular flexibility index (Phi) is 5.76. The van der Waals surface area contributed by atoms with Gasteiger partial charge in [0.1, 0.15) is 0 Å². The molecule has 1 aromatic rings. The van der Waals surface area contributed by atoms with Gasteiger partial charge in [-0.1, -0.05) is 24.3 Å². The minimum atomic E-state index is -0.737. The van der Waals surface area contributed by atoms with E-state index in [1.54, 1.807) is 0 Å². The van der Waals surface area contributed by atoms with Crippen LogP contribution in [0.5, 0.6) is 0 Å². The van der Waals surface area contributed by atoms with Crippen molar-refractivity contribution in [2.45, 2.75) is 38.8 Å².